The minimum atomic E-state index is -0.331. The molecule has 1 saturated heterocycles. The average molecular weight is 269 g/mol. The van der Waals surface area contributed by atoms with Crippen LogP contribution in [0.25, 0.3) is 0 Å². The fourth-order valence-corrected chi connectivity index (χ4v) is 3.38. The van der Waals surface area contributed by atoms with Gasteiger partial charge in [-0.25, -0.2) is 4.98 Å². The Labute approximate surface area is 113 Å². The molecule has 1 aromatic heterocycles. The highest BCUT2D eigenvalue weighted by atomic mass is 32.1. The van der Waals surface area contributed by atoms with Gasteiger partial charge in [-0.2, -0.15) is 0 Å². The molecule has 4 nitrogen and oxygen atoms in total. The molecule has 1 fully saturated rings. The van der Waals surface area contributed by atoms with E-state index in [2.05, 4.69) is 35.8 Å². The van der Waals surface area contributed by atoms with Crippen molar-refractivity contribution in [1.82, 2.24) is 14.8 Å². The largest absolute Gasteiger partial charge is 0.391 e. The Hall–Kier alpha value is -0.490. The summed E-state index contributed by atoms with van der Waals surface area (Å²) >= 11 is 1.71. The Bertz CT molecular complexity index is 387. The van der Waals surface area contributed by atoms with Crippen LogP contribution >= 0.6 is 11.3 Å². The highest BCUT2D eigenvalue weighted by Gasteiger charge is 2.29. The van der Waals surface area contributed by atoms with Crippen molar-refractivity contribution in [3.63, 3.8) is 0 Å². The summed E-state index contributed by atoms with van der Waals surface area (Å²) in [5.41, 5.74) is 1.09. The molecule has 0 bridgehead atoms. The third-order valence-electron chi connectivity index (χ3n) is 3.80. The van der Waals surface area contributed by atoms with Gasteiger partial charge >= 0.3 is 0 Å². The van der Waals surface area contributed by atoms with Crippen LogP contribution in [0.1, 0.15) is 15.6 Å². The van der Waals surface area contributed by atoms with Crippen LogP contribution in [0, 0.1) is 13.8 Å². The predicted octanol–water partition coefficient (Wildman–Crippen LogP) is 0.909. The number of thiazole rings is 1. The maximum absolute atomic E-state index is 10.4. The first kappa shape index (κ1) is 13.9. The van der Waals surface area contributed by atoms with Crippen LogP contribution in [0.15, 0.2) is 0 Å². The third-order valence-corrected chi connectivity index (χ3v) is 4.90. The van der Waals surface area contributed by atoms with Gasteiger partial charge in [0, 0.05) is 37.0 Å². The lowest BCUT2D eigenvalue weighted by Gasteiger charge is -2.40. The first-order chi connectivity index (χ1) is 8.47. The van der Waals surface area contributed by atoms with Gasteiger partial charge in [0.05, 0.1) is 16.8 Å². The summed E-state index contributed by atoms with van der Waals surface area (Å²) in [7, 11) is 4.21. The zero-order valence-electron chi connectivity index (χ0n) is 11.7. The molecule has 0 radical (unpaired) electrons. The van der Waals surface area contributed by atoms with Gasteiger partial charge in [-0.1, -0.05) is 0 Å². The Balaban J connectivity index is 2.00. The maximum Gasteiger partial charge on any atom is 0.0957 e. The number of rotatable bonds is 3. The van der Waals surface area contributed by atoms with Crippen molar-refractivity contribution in [3.05, 3.63) is 15.6 Å². The maximum atomic E-state index is 10.4. The molecule has 2 unspecified atom stereocenters. The number of piperazine rings is 1. The third kappa shape index (κ3) is 3.09. The monoisotopic (exact) mass is 269 g/mol. The normalized spacial score (nSPS) is 24.4. The molecule has 5 heteroatoms. The Morgan fingerprint density at radius 3 is 2.72 bits per heavy atom. The summed E-state index contributed by atoms with van der Waals surface area (Å²) in [6.07, 6.45) is 0.338. The van der Waals surface area contributed by atoms with Gasteiger partial charge in [0.1, 0.15) is 0 Å². The lowest BCUT2D eigenvalue weighted by atomic mass is 10.0. The second kappa shape index (κ2) is 5.65. The molecule has 1 N–H and O–H groups in total. The molecular formula is C13H23N3OS. The van der Waals surface area contributed by atoms with Crippen molar-refractivity contribution >= 4 is 11.3 Å². The summed E-state index contributed by atoms with van der Waals surface area (Å²) in [6.45, 7) is 7.15. The molecule has 0 aromatic carbocycles. The van der Waals surface area contributed by atoms with E-state index in [9.17, 15) is 5.11 Å². The number of hydrogen-bond donors (Lipinski definition) is 1. The topological polar surface area (TPSA) is 39.6 Å². The summed E-state index contributed by atoms with van der Waals surface area (Å²) in [6, 6.07) is 0.216. The summed E-state index contributed by atoms with van der Waals surface area (Å²) < 4.78 is 0. The van der Waals surface area contributed by atoms with E-state index in [0.717, 1.165) is 30.3 Å². The number of hydrogen-bond acceptors (Lipinski definition) is 5. The van der Waals surface area contributed by atoms with E-state index < -0.39 is 0 Å². The Morgan fingerprint density at radius 2 is 2.11 bits per heavy atom. The predicted molar refractivity (Wildman–Crippen MR) is 75.2 cm³/mol. The molecule has 102 valence electrons. The summed E-state index contributed by atoms with van der Waals surface area (Å²) in [4.78, 5) is 10.3. The van der Waals surface area contributed by atoms with Crippen molar-refractivity contribution in [2.75, 3.05) is 33.7 Å². The highest BCUT2D eigenvalue weighted by molar-refractivity contribution is 7.11. The van der Waals surface area contributed by atoms with Gasteiger partial charge in [0.2, 0.25) is 0 Å². The highest BCUT2D eigenvalue weighted by Crippen LogP contribution is 2.20. The second-order valence-electron chi connectivity index (χ2n) is 5.33. The molecule has 2 atom stereocenters. The van der Waals surface area contributed by atoms with Gasteiger partial charge in [-0.15, -0.1) is 11.3 Å². The molecule has 0 spiro atoms. The lowest BCUT2D eigenvalue weighted by Crippen LogP contribution is -2.55. The minimum absolute atomic E-state index is 0.216. The fraction of sp³-hybridized carbons (Fsp3) is 0.769. The summed E-state index contributed by atoms with van der Waals surface area (Å²) in [5.74, 6) is 0. The van der Waals surface area contributed by atoms with Gasteiger partial charge in [-0.05, 0) is 27.9 Å². The van der Waals surface area contributed by atoms with E-state index in [1.54, 1.807) is 11.3 Å². The Morgan fingerprint density at radius 1 is 1.39 bits per heavy atom. The number of aliphatic hydroxyl groups excluding tert-OH is 1. The summed E-state index contributed by atoms with van der Waals surface area (Å²) in [5, 5.41) is 11.5. The number of likely N-dealkylation sites (N-methyl/N-ethyl adjacent to an activating group) is 2. The lowest BCUT2D eigenvalue weighted by molar-refractivity contribution is 0.0152. The molecule has 0 amide bonds. The SMILES string of the molecule is Cc1nc(CC(O)C2CN(C)CCN2C)sc1C. The van der Waals surface area contributed by atoms with E-state index >= 15 is 0 Å². The molecule has 1 aliphatic rings. The van der Waals surface area contributed by atoms with Crippen LogP contribution in [0.5, 0.6) is 0 Å². The fourth-order valence-electron chi connectivity index (χ4n) is 2.40. The molecule has 18 heavy (non-hydrogen) atoms. The van der Waals surface area contributed by atoms with Crippen molar-refractivity contribution in [2.45, 2.75) is 32.4 Å². The van der Waals surface area contributed by atoms with Crippen molar-refractivity contribution in [3.8, 4) is 0 Å². The van der Waals surface area contributed by atoms with Crippen LogP contribution in [-0.2, 0) is 6.42 Å². The Kier molecular flexibility index (Phi) is 4.37. The average Bonchev–Trinajstić information content (AvgIpc) is 2.61. The van der Waals surface area contributed by atoms with Crippen LogP contribution in [0.3, 0.4) is 0 Å². The number of nitrogens with zero attached hydrogens (tertiary/aromatic N) is 3. The van der Waals surface area contributed by atoms with Gasteiger partial charge in [0.25, 0.3) is 0 Å². The zero-order valence-corrected chi connectivity index (χ0v) is 12.5. The van der Waals surface area contributed by atoms with Gasteiger partial charge in [0.15, 0.2) is 0 Å². The molecule has 0 saturated carbocycles. The quantitative estimate of drug-likeness (QED) is 0.885. The first-order valence-corrected chi connectivity index (χ1v) is 7.28. The molecular weight excluding hydrogens is 246 g/mol. The van der Waals surface area contributed by atoms with Crippen LogP contribution in [0.2, 0.25) is 0 Å². The number of aromatic nitrogens is 1. The standard InChI is InChI=1S/C13H23N3OS/c1-9-10(2)18-13(14-9)7-12(17)11-8-15(3)5-6-16(11)4/h11-12,17H,5-8H2,1-4H3. The molecule has 1 aromatic rings. The van der Waals surface area contributed by atoms with E-state index in [1.807, 2.05) is 6.92 Å². The van der Waals surface area contributed by atoms with Crippen LogP contribution < -0.4 is 0 Å². The number of aryl methyl sites for hydroxylation is 2. The second-order valence-corrected chi connectivity index (χ2v) is 6.62. The van der Waals surface area contributed by atoms with E-state index in [4.69, 9.17) is 0 Å². The van der Waals surface area contributed by atoms with Crippen LogP contribution in [0.4, 0.5) is 0 Å². The number of aliphatic hydroxyl groups is 1. The molecule has 2 heterocycles. The molecule has 2 rings (SSSR count). The zero-order chi connectivity index (χ0) is 13.3. The van der Waals surface area contributed by atoms with Gasteiger partial charge < -0.3 is 10.0 Å². The van der Waals surface area contributed by atoms with Crippen LogP contribution in [-0.4, -0.2) is 65.8 Å². The van der Waals surface area contributed by atoms with Gasteiger partial charge in [-0.3, -0.25) is 4.90 Å². The van der Waals surface area contributed by atoms with E-state index in [0.29, 0.717) is 6.42 Å². The minimum Gasteiger partial charge on any atom is -0.391 e. The molecule has 1 aliphatic heterocycles. The van der Waals surface area contributed by atoms with Crippen molar-refractivity contribution in [1.29, 1.82) is 0 Å². The smallest absolute Gasteiger partial charge is 0.0957 e. The van der Waals surface area contributed by atoms with E-state index in [1.165, 1.54) is 4.88 Å². The first-order valence-electron chi connectivity index (χ1n) is 6.47. The molecule has 0 aliphatic carbocycles. The van der Waals surface area contributed by atoms with Crippen molar-refractivity contribution < 1.29 is 5.11 Å². The van der Waals surface area contributed by atoms with E-state index in [-0.39, 0.29) is 12.1 Å². The van der Waals surface area contributed by atoms with Crippen molar-refractivity contribution in [2.24, 2.45) is 0 Å².